The summed E-state index contributed by atoms with van der Waals surface area (Å²) < 4.78 is 36.2. The number of carbonyl (C=O) groups is 3. The highest BCUT2D eigenvalue weighted by Gasteiger charge is 2.29. The second kappa shape index (κ2) is 26.7. The van der Waals surface area contributed by atoms with Crippen LogP contribution in [-0.2, 0) is 33.9 Å². The molecule has 3 atom stereocenters. The number of aryl methyl sites for hydroxylation is 2. The number of imidazole rings is 1. The quantitative estimate of drug-likeness (QED) is 0.0313. The Balaban J connectivity index is 0.00000146. The van der Waals surface area contributed by atoms with Crippen molar-refractivity contribution in [2.24, 2.45) is 56.2 Å². The minimum atomic E-state index is -5.19. The van der Waals surface area contributed by atoms with Gasteiger partial charge in [0, 0.05) is 32.1 Å². The Morgan fingerprint density at radius 2 is 1.37 bits per heavy atom. The van der Waals surface area contributed by atoms with Crippen LogP contribution < -0.4 is 54.7 Å². The monoisotopic (exact) mass is 815 g/mol. The van der Waals surface area contributed by atoms with Crippen molar-refractivity contribution in [3.8, 4) is 0 Å². The predicted molar refractivity (Wildman–Crippen MR) is 212 cm³/mol. The molecule has 1 aromatic heterocycles. The standard InChI is InChI=1S/C36H68N12O2.C2HF3O2/c37-31(18-8-20-44-36(41)42)34(50)46-29(17-7-19-43-35(39)40)24-45-32(33(38)49)23-30-25-47(21-9-15-27-11-3-1-4-12-27)26-48(30)22-10-16-28-13-5-2-6-14-28;3-2(4,5)1(6)7/h25-29,31-32,45H,1-24,37H2,(H10-,38,39,40,41,42,43,44,46,49,50);(H,6,7)/t29-,31-,32-;/m0./s1. The number of carboxylic acid groups (broad SMARTS) is 1. The number of aliphatic carboxylic acids is 1. The number of hydrogen-bond donors (Lipinski definition) is 8. The van der Waals surface area contributed by atoms with Crippen molar-refractivity contribution in [1.82, 2.24) is 15.2 Å². The molecular formula is C38H69F3N12O4. The van der Waals surface area contributed by atoms with E-state index in [2.05, 4.69) is 42.3 Å². The Morgan fingerprint density at radius 1 is 0.842 bits per heavy atom. The van der Waals surface area contributed by atoms with Crippen molar-refractivity contribution in [1.29, 1.82) is 0 Å². The number of aliphatic imine (C=N–C) groups is 2. The maximum atomic E-state index is 13.0. The Bertz CT molecular complexity index is 1390. The van der Waals surface area contributed by atoms with Crippen LogP contribution in [0.15, 0.2) is 22.5 Å². The summed E-state index contributed by atoms with van der Waals surface area (Å²) in [5, 5.41) is 15.2. The van der Waals surface area contributed by atoms with Crippen LogP contribution in [0.3, 0.4) is 0 Å². The van der Waals surface area contributed by atoms with E-state index in [1.807, 2.05) is 0 Å². The Hall–Kier alpha value is -4.13. The fraction of sp³-hybridized carbons (Fsp3) is 0.789. The highest BCUT2D eigenvalue weighted by molar-refractivity contribution is 5.82. The molecule has 1 heterocycles. The van der Waals surface area contributed by atoms with Gasteiger partial charge in [-0.05, 0) is 63.2 Å². The van der Waals surface area contributed by atoms with Gasteiger partial charge >= 0.3 is 6.18 Å². The van der Waals surface area contributed by atoms with Crippen LogP contribution in [0.1, 0.15) is 121 Å². The maximum absolute atomic E-state index is 13.0. The number of amides is 2. The summed E-state index contributed by atoms with van der Waals surface area (Å²) in [4.78, 5) is 42.7. The smallest absolute Gasteiger partial charge is 0.430 e. The van der Waals surface area contributed by atoms with Gasteiger partial charge in [-0.15, -0.1) is 0 Å². The number of aromatic nitrogens is 2. The molecule has 0 bridgehead atoms. The van der Waals surface area contributed by atoms with Crippen LogP contribution in [0, 0.1) is 11.8 Å². The Morgan fingerprint density at radius 3 is 1.88 bits per heavy atom. The molecule has 2 aliphatic carbocycles. The molecule has 0 unspecified atom stereocenters. The van der Waals surface area contributed by atoms with E-state index in [0.717, 1.165) is 43.5 Å². The first-order valence-corrected chi connectivity index (χ1v) is 20.6. The van der Waals surface area contributed by atoms with E-state index >= 15 is 0 Å². The van der Waals surface area contributed by atoms with Crippen molar-refractivity contribution in [3.05, 3.63) is 18.2 Å². The normalized spacial score (nSPS) is 16.7. The molecule has 0 radical (unpaired) electrons. The third kappa shape index (κ3) is 21.8. The molecule has 2 amide bonds. The molecule has 326 valence electrons. The SMILES string of the molecule is NC(=O)[C@H](Cc1c[n+](CCCC2CCCCC2)cn1CCCC1CCCCC1)NC[C@H](CCCN=C(N)N)NC(=O)[C@@H](N)CCCN=C(N)N.O=C([O-])C(F)(F)F. The van der Waals surface area contributed by atoms with Gasteiger partial charge in [-0.1, -0.05) is 64.2 Å². The van der Waals surface area contributed by atoms with Crippen LogP contribution in [0.25, 0.3) is 0 Å². The number of nitrogens with one attached hydrogen (secondary N) is 2. The van der Waals surface area contributed by atoms with E-state index in [4.69, 9.17) is 44.3 Å². The number of alkyl halides is 3. The zero-order valence-electron chi connectivity index (χ0n) is 33.5. The van der Waals surface area contributed by atoms with Gasteiger partial charge in [-0.3, -0.25) is 19.6 Å². The van der Waals surface area contributed by atoms with Crippen molar-refractivity contribution >= 4 is 29.7 Å². The minimum absolute atomic E-state index is 0.00938. The molecule has 0 saturated heterocycles. The van der Waals surface area contributed by atoms with Gasteiger partial charge < -0.3 is 54.9 Å². The van der Waals surface area contributed by atoms with E-state index in [0.29, 0.717) is 51.7 Å². The lowest BCUT2D eigenvalue weighted by Gasteiger charge is -2.24. The number of carbonyl (C=O) groups excluding carboxylic acids is 3. The summed E-state index contributed by atoms with van der Waals surface area (Å²) in [6.45, 7) is 3.07. The van der Waals surface area contributed by atoms with Crippen LogP contribution in [-0.4, -0.2) is 78.2 Å². The molecule has 3 rings (SSSR count). The van der Waals surface area contributed by atoms with E-state index in [9.17, 15) is 22.8 Å². The van der Waals surface area contributed by atoms with E-state index in [-0.39, 0.29) is 23.9 Å². The maximum Gasteiger partial charge on any atom is 0.430 e. The summed E-state index contributed by atoms with van der Waals surface area (Å²) in [5.41, 5.74) is 35.1. The van der Waals surface area contributed by atoms with E-state index in [1.165, 1.54) is 77.0 Å². The third-order valence-corrected chi connectivity index (χ3v) is 10.7. The number of rotatable bonds is 24. The highest BCUT2D eigenvalue weighted by atomic mass is 19.4. The van der Waals surface area contributed by atoms with Crippen molar-refractivity contribution in [2.45, 2.75) is 159 Å². The molecule has 14 N–H and O–H groups in total. The van der Waals surface area contributed by atoms with Gasteiger partial charge in [0.25, 0.3) is 0 Å². The number of hydrogen-bond acceptors (Lipinski definition) is 8. The van der Waals surface area contributed by atoms with Crippen LogP contribution in [0.4, 0.5) is 13.2 Å². The van der Waals surface area contributed by atoms with Gasteiger partial charge in [0.05, 0.1) is 25.2 Å². The second-order valence-electron chi connectivity index (χ2n) is 15.5. The minimum Gasteiger partial charge on any atom is -0.542 e. The summed E-state index contributed by atoms with van der Waals surface area (Å²) in [7, 11) is 0. The number of primary amides is 1. The number of nitrogens with two attached hydrogens (primary N) is 6. The fourth-order valence-electron chi connectivity index (χ4n) is 7.61. The topological polar surface area (TPSA) is 288 Å². The lowest BCUT2D eigenvalue weighted by atomic mass is 9.86. The third-order valence-electron chi connectivity index (χ3n) is 10.7. The summed E-state index contributed by atoms with van der Waals surface area (Å²) in [6.07, 6.45) is 20.4. The van der Waals surface area contributed by atoms with Crippen LogP contribution in [0.5, 0.6) is 0 Å². The van der Waals surface area contributed by atoms with Gasteiger partial charge in [0.2, 0.25) is 18.1 Å². The number of halogens is 3. The first-order chi connectivity index (χ1) is 27.0. The molecule has 2 saturated carbocycles. The van der Waals surface area contributed by atoms with E-state index in [1.54, 1.807) is 0 Å². The lowest BCUT2D eigenvalue weighted by Crippen LogP contribution is -2.52. The molecule has 0 aromatic carbocycles. The predicted octanol–water partition coefficient (Wildman–Crippen LogP) is 0.701. The summed E-state index contributed by atoms with van der Waals surface area (Å²) >= 11 is 0. The molecule has 0 aliphatic heterocycles. The zero-order valence-corrected chi connectivity index (χ0v) is 33.5. The average Bonchev–Trinajstić information content (AvgIpc) is 3.54. The highest BCUT2D eigenvalue weighted by Crippen LogP contribution is 2.28. The van der Waals surface area contributed by atoms with Gasteiger partial charge in [0.15, 0.2) is 11.9 Å². The molecule has 0 spiro atoms. The molecule has 2 aliphatic rings. The van der Waals surface area contributed by atoms with Gasteiger partial charge in [0.1, 0.15) is 17.9 Å². The largest absolute Gasteiger partial charge is 0.542 e. The molecule has 1 aromatic rings. The number of nitrogens with zero attached hydrogens (tertiary/aromatic N) is 4. The first-order valence-electron chi connectivity index (χ1n) is 20.6. The second-order valence-corrected chi connectivity index (χ2v) is 15.5. The molecule has 16 nitrogen and oxygen atoms in total. The Labute approximate surface area is 335 Å². The molecule has 19 heteroatoms. The van der Waals surface area contributed by atoms with E-state index < -0.39 is 30.1 Å². The van der Waals surface area contributed by atoms with Crippen molar-refractivity contribution in [3.63, 3.8) is 0 Å². The van der Waals surface area contributed by atoms with Crippen molar-refractivity contribution in [2.75, 3.05) is 19.6 Å². The van der Waals surface area contributed by atoms with Gasteiger partial charge in [-0.25, -0.2) is 9.13 Å². The summed E-state index contributed by atoms with van der Waals surface area (Å²) in [5.74, 6) is -1.99. The molecular weight excluding hydrogens is 745 g/mol. The van der Waals surface area contributed by atoms with Crippen molar-refractivity contribution < 1.29 is 37.2 Å². The lowest BCUT2D eigenvalue weighted by molar-refractivity contribution is -0.697. The number of guanidine groups is 2. The fourth-order valence-corrected chi connectivity index (χ4v) is 7.61. The number of carboxylic acids is 1. The summed E-state index contributed by atoms with van der Waals surface area (Å²) in [6, 6.07) is -1.64. The average molecular weight is 815 g/mol. The van der Waals surface area contributed by atoms with Gasteiger partial charge in [-0.2, -0.15) is 13.2 Å². The first kappa shape index (κ1) is 49.0. The zero-order chi connectivity index (χ0) is 42.2. The molecule has 57 heavy (non-hydrogen) atoms. The van der Waals surface area contributed by atoms with Crippen LogP contribution in [0.2, 0.25) is 0 Å². The Kier molecular flexibility index (Phi) is 23.0. The van der Waals surface area contributed by atoms with Crippen LogP contribution >= 0.6 is 0 Å². The molecule has 2 fully saturated rings.